The van der Waals surface area contributed by atoms with E-state index in [9.17, 15) is 0 Å². The van der Waals surface area contributed by atoms with E-state index in [2.05, 4.69) is 0 Å². The standard InChI is InChI=1S/Ce.3NO3.7H2O/c;3*2-1(3)4;;;;;;;/h;;;;7*1H2/q+3;3*-1;;;;;;;. The fourth-order valence-electron chi connectivity index (χ4n) is 0. The first kappa shape index (κ1) is 98.8. The number of hydrogen-bond acceptors (Lipinski definition) is 9. The van der Waals surface area contributed by atoms with E-state index in [1.807, 2.05) is 0 Å². The van der Waals surface area contributed by atoms with Gasteiger partial charge >= 0.3 is 41.7 Å². The third-order valence-corrected chi connectivity index (χ3v) is 0. The maximum atomic E-state index is 8.25. The molecule has 0 aliphatic carbocycles. The van der Waals surface area contributed by atoms with E-state index < -0.39 is 15.3 Å². The smallest absolute Gasteiger partial charge is 0.412 e. The van der Waals surface area contributed by atoms with Gasteiger partial charge in [-0.1, -0.05) is 0 Å². The van der Waals surface area contributed by atoms with Crippen molar-refractivity contribution in [2.75, 3.05) is 0 Å². The predicted octanol–water partition coefficient (Wildman–Crippen LogP) is -6.49. The summed E-state index contributed by atoms with van der Waals surface area (Å²) in [7, 11) is 0. The van der Waals surface area contributed by atoms with Crippen molar-refractivity contribution in [2.24, 2.45) is 0 Å². The van der Waals surface area contributed by atoms with Gasteiger partial charge in [0.05, 0.1) is 15.3 Å². The van der Waals surface area contributed by atoms with Crippen molar-refractivity contribution >= 4 is 0 Å². The van der Waals surface area contributed by atoms with Gasteiger partial charge in [0.1, 0.15) is 0 Å². The summed E-state index contributed by atoms with van der Waals surface area (Å²) in [6.45, 7) is 0. The summed E-state index contributed by atoms with van der Waals surface area (Å²) in [5.41, 5.74) is 0. The fraction of sp³-hybridized carbons (Fsp3) is 0. The minimum atomic E-state index is -1.75. The third kappa shape index (κ3) is 2420. The van der Waals surface area contributed by atoms with Crippen molar-refractivity contribution in [2.45, 2.75) is 0 Å². The van der Waals surface area contributed by atoms with Crippen molar-refractivity contribution in [3.63, 3.8) is 0 Å². The van der Waals surface area contributed by atoms with Gasteiger partial charge in [0.25, 0.3) is 0 Å². The van der Waals surface area contributed by atoms with Gasteiger partial charge in [-0.3, -0.25) is 0 Å². The molecule has 129 valence electrons. The van der Waals surface area contributed by atoms with Gasteiger partial charge in [0.15, 0.2) is 0 Å². The Hall–Kier alpha value is -1.30. The molecule has 0 aromatic carbocycles. The SMILES string of the molecule is O.O.O.O.O.O.O.O=[N+]([O-])[O-].O=[N+]([O-])[O-].O=[N+]([O-])[O-].[Ce+3]. The van der Waals surface area contributed by atoms with E-state index in [0.29, 0.717) is 0 Å². The zero-order chi connectivity index (χ0) is 10.7. The largest absolute Gasteiger partial charge is 3.00 e. The van der Waals surface area contributed by atoms with E-state index in [0.717, 1.165) is 0 Å². The van der Waals surface area contributed by atoms with Gasteiger partial charge in [-0.25, -0.2) is 0 Å². The Bertz CT molecular complexity index is 115. The molecular weight excluding hydrogens is 438 g/mol. The molecule has 1 radical (unpaired) electrons. The molecule has 20 heteroatoms. The minimum Gasteiger partial charge on any atom is -0.412 e. The molecule has 0 bridgehead atoms. The van der Waals surface area contributed by atoms with Gasteiger partial charge in [-0.15, -0.1) is 0 Å². The van der Waals surface area contributed by atoms with E-state index in [4.69, 9.17) is 46.0 Å². The Labute approximate surface area is 141 Å². The molecule has 0 aliphatic heterocycles. The molecule has 20 heavy (non-hydrogen) atoms. The zero-order valence-electron chi connectivity index (χ0n) is 9.02. The number of nitrogens with zero attached hydrogens (tertiary/aromatic N) is 3. The predicted molar refractivity (Wildman–Crippen MR) is 56.4 cm³/mol. The van der Waals surface area contributed by atoms with Crippen LogP contribution in [0.5, 0.6) is 0 Å². The van der Waals surface area contributed by atoms with E-state index in [-0.39, 0.29) is 80.1 Å². The van der Waals surface area contributed by atoms with Crippen LogP contribution in [0.1, 0.15) is 0 Å². The van der Waals surface area contributed by atoms with Gasteiger partial charge < -0.3 is 84.3 Å². The molecule has 0 saturated heterocycles. The Balaban J connectivity index is -0.00000000562. The molecule has 0 heterocycles. The molecule has 0 fully saturated rings. The van der Waals surface area contributed by atoms with Crippen LogP contribution in [0.4, 0.5) is 0 Å². The topological polar surface area (TPSA) is 419 Å². The first-order chi connectivity index (χ1) is 5.20. The monoisotopic (exact) mass is 452 g/mol. The van der Waals surface area contributed by atoms with Crippen LogP contribution in [-0.2, 0) is 0 Å². The molecule has 0 aromatic heterocycles. The third-order valence-electron chi connectivity index (χ3n) is 0. The second-order valence-electron chi connectivity index (χ2n) is 0.671. The van der Waals surface area contributed by atoms with Crippen LogP contribution in [0.2, 0.25) is 0 Å². The van der Waals surface area contributed by atoms with Crippen LogP contribution in [0.25, 0.3) is 0 Å². The average molecular weight is 452 g/mol. The van der Waals surface area contributed by atoms with Crippen molar-refractivity contribution in [1.82, 2.24) is 0 Å². The second kappa shape index (κ2) is 83.3. The molecule has 0 atom stereocenters. The van der Waals surface area contributed by atoms with Gasteiger partial charge in [-0.05, 0) is 0 Å². The Kier molecular flexibility index (Phi) is 412. The summed E-state index contributed by atoms with van der Waals surface area (Å²) in [5, 5.41) is 44.2. The maximum Gasteiger partial charge on any atom is 3.00 e. The Morgan fingerprint density at radius 1 is 0.400 bits per heavy atom. The molecule has 14 N–H and O–H groups in total. The number of rotatable bonds is 0. The fourth-order valence-corrected chi connectivity index (χ4v) is 0. The summed E-state index contributed by atoms with van der Waals surface area (Å²) in [5.74, 6) is 0. The molecule has 0 saturated carbocycles. The van der Waals surface area contributed by atoms with Crippen molar-refractivity contribution < 1.29 is 95.3 Å². The number of hydrogen-bond donors (Lipinski definition) is 0. The Morgan fingerprint density at radius 3 is 0.400 bits per heavy atom. The van der Waals surface area contributed by atoms with Crippen LogP contribution in [0, 0.1) is 87.7 Å². The summed E-state index contributed by atoms with van der Waals surface area (Å²) < 4.78 is 0. The molecule has 0 aromatic rings. The van der Waals surface area contributed by atoms with Gasteiger partial charge in [0.2, 0.25) is 0 Å². The molecule has 0 aliphatic rings. The van der Waals surface area contributed by atoms with Gasteiger partial charge in [0, 0.05) is 0 Å². The van der Waals surface area contributed by atoms with Crippen molar-refractivity contribution in [3.8, 4) is 0 Å². The van der Waals surface area contributed by atoms with Crippen LogP contribution in [0.15, 0.2) is 0 Å². The molecule has 0 spiro atoms. The van der Waals surface area contributed by atoms with E-state index >= 15 is 0 Å². The van der Waals surface area contributed by atoms with Crippen molar-refractivity contribution in [3.05, 3.63) is 46.0 Å². The molecule has 0 amide bonds. The van der Waals surface area contributed by atoms with E-state index in [1.54, 1.807) is 0 Å². The summed E-state index contributed by atoms with van der Waals surface area (Å²) in [6.07, 6.45) is 0. The maximum absolute atomic E-state index is 8.25. The average Bonchev–Trinajstić information content (AvgIpc) is 1.54. The molecule has 0 rings (SSSR count). The molecule has 0 unspecified atom stereocenters. The van der Waals surface area contributed by atoms with Crippen LogP contribution in [-0.4, -0.2) is 53.6 Å². The van der Waals surface area contributed by atoms with Crippen molar-refractivity contribution in [1.29, 1.82) is 0 Å². The Morgan fingerprint density at radius 2 is 0.400 bits per heavy atom. The van der Waals surface area contributed by atoms with Gasteiger partial charge in [-0.2, -0.15) is 0 Å². The first-order valence-corrected chi connectivity index (χ1v) is 1.64. The van der Waals surface area contributed by atoms with E-state index in [1.165, 1.54) is 0 Å². The summed E-state index contributed by atoms with van der Waals surface area (Å²) in [4.78, 5) is 24.8. The molecule has 19 nitrogen and oxygen atoms in total. The summed E-state index contributed by atoms with van der Waals surface area (Å²) >= 11 is 0. The zero-order valence-corrected chi connectivity index (χ0v) is 12.2. The normalized spacial score (nSPS) is 3.60. The minimum absolute atomic E-state index is 0. The van der Waals surface area contributed by atoms with Crippen LogP contribution in [0.3, 0.4) is 0 Å². The molecular formula is H14CeN3O16. The first-order valence-electron chi connectivity index (χ1n) is 1.64. The van der Waals surface area contributed by atoms with Crippen LogP contribution >= 0.6 is 0 Å². The second-order valence-corrected chi connectivity index (χ2v) is 0.671. The van der Waals surface area contributed by atoms with Crippen LogP contribution < -0.4 is 0 Å². The summed E-state index contributed by atoms with van der Waals surface area (Å²) in [6, 6.07) is 0. The quantitative estimate of drug-likeness (QED) is 0.248.